The Kier molecular flexibility index (Phi) is 7.44. The van der Waals surface area contributed by atoms with Crippen molar-refractivity contribution in [2.45, 2.75) is 58.7 Å². The number of urea groups is 1. The maximum atomic E-state index is 13.4. The van der Waals surface area contributed by atoms with Crippen LogP contribution in [0.15, 0.2) is 30.5 Å². The predicted molar refractivity (Wildman–Crippen MR) is 137 cm³/mol. The second kappa shape index (κ2) is 10.3. The van der Waals surface area contributed by atoms with Crippen LogP contribution < -0.4 is 10.6 Å². The number of nitrogens with zero attached hydrogens (tertiary/aromatic N) is 4. The summed E-state index contributed by atoms with van der Waals surface area (Å²) in [6, 6.07) is 6.57. The maximum Gasteiger partial charge on any atom is 0.330 e. The van der Waals surface area contributed by atoms with Crippen molar-refractivity contribution in [3.63, 3.8) is 0 Å². The fourth-order valence-corrected chi connectivity index (χ4v) is 5.00. The van der Waals surface area contributed by atoms with Gasteiger partial charge in [-0.2, -0.15) is 0 Å². The molecule has 4 rings (SSSR count). The summed E-state index contributed by atoms with van der Waals surface area (Å²) in [5, 5.41) is 5.72. The van der Waals surface area contributed by atoms with E-state index in [1.54, 1.807) is 10.8 Å². The van der Waals surface area contributed by atoms with Gasteiger partial charge in [0.2, 0.25) is 5.91 Å². The Morgan fingerprint density at radius 3 is 2.50 bits per heavy atom. The average molecular weight is 578 g/mol. The van der Waals surface area contributed by atoms with Gasteiger partial charge in [-0.1, -0.05) is 20.3 Å². The topological polar surface area (TPSA) is 99.6 Å². The molecule has 2 atom stereocenters. The fourth-order valence-electron chi connectivity index (χ4n) is 4.64. The van der Waals surface area contributed by atoms with Crippen molar-refractivity contribution in [2.75, 3.05) is 18.4 Å². The number of hydrogen-bond acceptors (Lipinski definition) is 4. The average Bonchev–Trinajstić information content (AvgIpc) is 3.37. The van der Waals surface area contributed by atoms with Gasteiger partial charge < -0.3 is 20.4 Å². The summed E-state index contributed by atoms with van der Waals surface area (Å²) in [6.07, 6.45) is 3.97. The van der Waals surface area contributed by atoms with E-state index in [0.717, 1.165) is 28.5 Å². The lowest BCUT2D eigenvalue weighted by molar-refractivity contribution is -0.135. The minimum absolute atomic E-state index is 0.00534. The first-order valence-electron chi connectivity index (χ1n) is 11.7. The van der Waals surface area contributed by atoms with Gasteiger partial charge in [0.05, 0.1) is 18.4 Å². The SMILES string of the molecule is CCC(C)[C@@H](NC(=O)Nc1ccc(I)cc1)C(=O)N1CCC(N2Cc3cnc(C)n3C2=O)CC1. The van der Waals surface area contributed by atoms with Crippen LogP contribution in [0.2, 0.25) is 0 Å². The number of nitrogens with one attached hydrogen (secondary N) is 2. The van der Waals surface area contributed by atoms with E-state index in [-0.39, 0.29) is 29.9 Å². The number of aromatic nitrogens is 2. The van der Waals surface area contributed by atoms with Crippen LogP contribution in [0.5, 0.6) is 0 Å². The summed E-state index contributed by atoms with van der Waals surface area (Å²) in [4.78, 5) is 46.8. The molecule has 0 spiro atoms. The first-order chi connectivity index (χ1) is 16.3. The molecule has 4 amide bonds. The summed E-state index contributed by atoms with van der Waals surface area (Å²) in [6.45, 7) is 7.52. The minimum Gasteiger partial charge on any atom is -0.341 e. The van der Waals surface area contributed by atoms with Crippen molar-refractivity contribution in [3.8, 4) is 0 Å². The van der Waals surface area contributed by atoms with E-state index < -0.39 is 6.04 Å². The molecular weight excluding hydrogens is 547 g/mol. The van der Waals surface area contributed by atoms with Crippen molar-refractivity contribution in [3.05, 3.63) is 45.6 Å². The molecule has 3 heterocycles. The van der Waals surface area contributed by atoms with E-state index in [0.29, 0.717) is 31.1 Å². The first-order valence-corrected chi connectivity index (χ1v) is 12.8. The molecule has 34 heavy (non-hydrogen) atoms. The zero-order valence-corrected chi connectivity index (χ0v) is 21.9. The number of halogens is 1. The zero-order chi connectivity index (χ0) is 24.4. The predicted octanol–water partition coefficient (Wildman–Crippen LogP) is 3.81. The molecule has 2 aromatic rings. The molecule has 2 aliphatic heterocycles. The Morgan fingerprint density at radius 1 is 1.21 bits per heavy atom. The number of fused-ring (bicyclic) bond motifs is 1. The Hall–Kier alpha value is -2.63. The number of anilines is 1. The highest BCUT2D eigenvalue weighted by atomic mass is 127. The van der Waals surface area contributed by atoms with Gasteiger partial charge in [0.1, 0.15) is 11.9 Å². The monoisotopic (exact) mass is 578 g/mol. The summed E-state index contributed by atoms with van der Waals surface area (Å²) < 4.78 is 2.75. The van der Waals surface area contributed by atoms with Crippen molar-refractivity contribution in [2.24, 2.45) is 5.92 Å². The molecular formula is C24H31IN6O3. The number of carbonyl (C=O) groups is 3. The Morgan fingerprint density at radius 2 is 1.88 bits per heavy atom. The number of imidazole rings is 1. The van der Waals surface area contributed by atoms with Crippen LogP contribution in [0.1, 0.15) is 44.6 Å². The molecule has 182 valence electrons. The van der Waals surface area contributed by atoms with E-state index >= 15 is 0 Å². The van der Waals surface area contributed by atoms with Crippen molar-refractivity contribution < 1.29 is 14.4 Å². The molecule has 0 saturated carbocycles. The number of carbonyl (C=O) groups excluding carboxylic acids is 3. The highest BCUT2D eigenvalue weighted by Gasteiger charge is 2.38. The van der Waals surface area contributed by atoms with Gasteiger partial charge in [-0.3, -0.25) is 9.36 Å². The second-order valence-corrected chi connectivity index (χ2v) is 10.3. The van der Waals surface area contributed by atoms with Crippen LogP contribution >= 0.6 is 22.6 Å². The molecule has 0 radical (unpaired) electrons. The van der Waals surface area contributed by atoms with E-state index in [2.05, 4.69) is 38.2 Å². The smallest absolute Gasteiger partial charge is 0.330 e. The van der Waals surface area contributed by atoms with Crippen molar-refractivity contribution in [1.82, 2.24) is 24.7 Å². The lowest BCUT2D eigenvalue weighted by Gasteiger charge is -2.38. The van der Waals surface area contributed by atoms with Gasteiger partial charge in [0.25, 0.3) is 0 Å². The normalized spacial score (nSPS) is 17.9. The largest absolute Gasteiger partial charge is 0.341 e. The third-order valence-corrected chi connectivity index (χ3v) is 7.58. The van der Waals surface area contributed by atoms with Crippen LogP contribution in [-0.4, -0.2) is 62.5 Å². The van der Waals surface area contributed by atoms with Gasteiger partial charge in [0, 0.05) is 28.4 Å². The highest BCUT2D eigenvalue weighted by Crippen LogP contribution is 2.26. The van der Waals surface area contributed by atoms with Gasteiger partial charge in [0.15, 0.2) is 0 Å². The van der Waals surface area contributed by atoms with Crippen LogP contribution in [0.25, 0.3) is 0 Å². The first kappa shape index (κ1) is 24.5. The van der Waals surface area contributed by atoms with Gasteiger partial charge in [-0.25, -0.2) is 14.6 Å². The second-order valence-electron chi connectivity index (χ2n) is 9.07. The van der Waals surface area contributed by atoms with Gasteiger partial charge in [-0.15, -0.1) is 0 Å². The number of likely N-dealkylation sites (tertiary alicyclic amines) is 1. The van der Waals surface area contributed by atoms with E-state index in [1.165, 1.54) is 0 Å². The van der Waals surface area contributed by atoms with Crippen LogP contribution in [-0.2, 0) is 11.3 Å². The summed E-state index contributed by atoms with van der Waals surface area (Å²) in [7, 11) is 0. The quantitative estimate of drug-likeness (QED) is 0.510. The number of hydrogen-bond donors (Lipinski definition) is 2. The Balaban J connectivity index is 1.35. The maximum absolute atomic E-state index is 13.4. The van der Waals surface area contributed by atoms with Crippen molar-refractivity contribution >= 4 is 46.2 Å². The van der Waals surface area contributed by atoms with E-state index in [4.69, 9.17) is 0 Å². The molecule has 2 N–H and O–H groups in total. The summed E-state index contributed by atoms with van der Waals surface area (Å²) in [5.74, 6) is 0.639. The Bertz CT molecular complexity index is 1060. The molecule has 9 nitrogen and oxygen atoms in total. The number of piperidine rings is 1. The van der Waals surface area contributed by atoms with Crippen LogP contribution in [0, 0.1) is 16.4 Å². The standard InChI is InChI=1S/C24H31IN6O3/c1-4-15(2)21(28-23(33)27-18-7-5-17(25)6-8-18)22(32)29-11-9-19(10-12-29)30-14-20-13-26-16(3)31(20)24(30)34/h5-8,13,15,19,21H,4,9-12,14H2,1-3H3,(H2,27,28,33)/t15?,21-/m1/s1. The third-order valence-electron chi connectivity index (χ3n) is 6.87. The molecule has 1 unspecified atom stereocenters. The molecule has 1 aromatic heterocycles. The van der Waals surface area contributed by atoms with Crippen molar-refractivity contribution in [1.29, 1.82) is 0 Å². The molecule has 0 aliphatic carbocycles. The number of aryl methyl sites for hydroxylation is 1. The summed E-state index contributed by atoms with van der Waals surface area (Å²) >= 11 is 2.21. The van der Waals surface area contributed by atoms with E-state index in [9.17, 15) is 14.4 Å². The van der Waals surface area contributed by atoms with Crippen LogP contribution in [0.3, 0.4) is 0 Å². The Labute approximate surface area is 213 Å². The zero-order valence-electron chi connectivity index (χ0n) is 19.8. The molecule has 0 bridgehead atoms. The van der Waals surface area contributed by atoms with E-state index in [1.807, 2.05) is 54.8 Å². The van der Waals surface area contributed by atoms with Gasteiger partial charge in [-0.05, 0) is 72.5 Å². The number of benzene rings is 1. The molecule has 1 fully saturated rings. The lowest BCUT2D eigenvalue weighted by atomic mass is 9.96. The minimum atomic E-state index is -0.603. The molecule has 1 aromatic carbocycles. The molecule has 2 aliphatic rings. The summed E-state index contributed by atoms with van der Waals surface area (Å²) in [5.41, 5.74) is 1.60. The highest BCUT2D eigenvalue weighted by molar-refractivity contribution is 14.1. The molecule has 1 saturated heterocycles. The van der Waals surface area contributed by atoms with Gasteiger partial charge >= 0.3 is 12.1 Å². The number of rotatable bonds is 6. The third kappa shape index (κ3) is 5.06. The molecule has 10 heteroatoms. The fraction of sp³-hybridized carbons (Fsp3) is 0.500. The van der Waals surface area contributed by atoms with Crippen LogP contribution in [0.4, 0.5) is 15.3 Å². The number of amides is 4. The lowest BCUT2D eigenvalue weighted by Crippen LogP contribution is -2.55.